The lowest BCUT2D eigenvalue weighted by Gasteiger charge is -2.07. The van der Waals surface area contributed by atoms with Crippen LogP contribution < -0.4 is 0 Å². The maximum atomic E-state index is 6.15. The summed E-state index contributed by atoms with van der Waals surface area (Å²) in [6.45, 7) is 0. The van der Waals surface area contributed by atoms with Crippen molar-refractivity contribution in [1.82, 2.24) is 4.57 Å². The van der Waals surface area contributed by atoms with Gasteiger partial charge >= 0.3 is 0 Å². The highest BCUT2D eigenvalue weighted by atomic mass is 79.9. The van der Waals surface area contributed by atoms with Crippen molar-refractivity contribution in [2.24, 2.45) is 4.99 Å². The molecule has 0 bridgehead atoms. The fraction of sp³-hybridized carbons (Fsp3) is 0. The summed E-state index contributed by atoms with van der Waals surface area (Å²) in [5, 5.41) is 0.958. The summed E-state index contributed by atoms with van der Waals surface area (Å²) in [4.78, 5) is 4.44. The van der Waals surface area contributed by atoms with Crippen molar-refractivity contribution in [2.75, 3.05) is 0 Å². The molecule has 3 aromatic rings. The maximum absolute atomic E-state index is 6.15. The van der Waals surface area contributed by atoms with Gasteiger partial charge in [-0.3, -0.25) is 4.99 Å². The molecule has 0 spiro atoms. The Morgan fingerprint density at radius 3 is 2.64 bits per heavy atom. The Hall–Kier alpha value is -1.55. The molecule has 110 valence electrons. The normalized spacial score (nSPS) is 11.2. The Bertz CT molecular complexity index is 840. The third kappa shape index (κ3) is 3.27. The molecular weight excluding hydrogens is 383 g/mol. The van der Waals surface area contributed by atoms with E-state index in [1.165, 1.54) is 0 Å². The van der Waals surface area contributed by atoms with Crippen LogP contribution in [0.3, 0.4) is 0 Å². The van der Waals surface area contributed by atoms with Gasteiger partial charge < -0.3 is 4.57 Å². The van der Waals surface area contributed by atoms with Gasteiger partial charge in [-0.1, -0.05) is 51.3 Å². The van der Waals surface area contributed by atoms with Gasteiger partial charge in [-0.25, -0.2) is 0 Å². The van der Waals surface area contributed by atoms with E-state index in [9.17, 15) is 0 Å². The van der Waals surface area contributed by atoms with Gasteiger partial charge in [0.15, 0.2) is 0 Å². The summed E-state index contributed by atoms with van der Waals surface area (Å²) in [5.74, 6) is 0. The summed E-state index contributed by atoms with van der Waals surface area (Å²) in [7, 11) is 0. The summed E-state index contributed by atoms with van der Waals surface area (Å²) >= 11 is 15.6. The molecule has 0 aliphatic rings. The summed E-state index contributed by atoms with van der Waals surface area (Å²) in [5.41, 5.74) is 2.66. The second kappa shape index (κ2) is 6.69. The molecule has 0 saturated heterocycles. The molecule has 0 unspecified atom stereocenters. The Morgan fingerprint density at radius 2 is 1.82 bits per heavy atom. The van der Waals surface area contributed by atoms with E-state index >= 15 is 0 Å². The molecule has 0 radical (unpaired) electrons. The van der Waals surface area contributed by atoms with Crippen molar-refractivity contribution in [1.29, 1.82) is 0 Å². The van der Waals surface area contributed by atoms with E-state index in [0.29, 0.717) is 15.7 Å². The van der Waals surface area contributed by atoms with Crippen LogP contribution >= 0.6 is 39.1 Å². The molecule has 2 nitrogen and oxygen atoms in total. The van der Waals surface area contributed by atoms with Crippen molar-refractivity contribution in [3.05, 3.63) is 81.0 Å². The average Bonchev–Trinajstić information content (AvgIpc) is 2.97. The lowest BCUT2D eigenvalue weighted by Crippen LogP contribution is -1.97. The topological polar surface area (TPSA) is 17.3 Å². The largest absolute Gasteiger partial charge is 0.316 e. The molecule has 0 aliphatic heterocycles. The van der Waals surface area contributed by atoms with Gasteiger partial charge in [0, 0.05) is 16.4 Å². The zero-order valence-corrected chi connectivity index (χ0v) is 14.5. The summed E-state index contributed by atoms with van der Waals surface area (Å²) < 4.78 is 3.08. The van der Waals surface area contributed by atoms with E-state index in [0.717, 1.165) is 15.9 Å². The number of aliphatic imine (C=N–C) groups is 1. The Kier molecular flexibility index (Phi) is 4.67. The molecule has 2 aromatic carbocycles. The third-order valence-corrected chi connectivity index (χ3v) is 4.44. The highest BCUT2D eigenvalue weighted by Gasteiger charge is 2.04. The molecule has 0 aliphatic carbocycles. The van der Waals surface area contributed by atoms with Crippen LogP contribution in [0, 0.1) is 0 Å². The van der Waals surface area contributed by atoms with Crippen LogP contribution in [0.2, 0.25) is 10.0 Å². The molecule has 0 fully saturated rings. The van der Waals surface area contributed by atoms with Crippen LogP contribution in [0.4, 0.5) is 5.69 Å². The third-order valence-electron chi connectivity index (χ3n) is 3.13. The molecular formula is C17H11BrCl2N2. The summed E-state index contributed by atoms with van der Waals surface area (Å²) in [6.07, 6.45) is 3.77. The number of hydrogen-bond donors (Lipinski definition) is 0. The Labute approximate surface area is 147 Å². The maximum Gasteiger partial charge on any atom is 0.0848 e. The standard InChI is InChI=1S/C17H11BrCl2N2/c18-12-4-1-5-13(10-12)22-9-3-6-14(22)11-21-16-8-2-7-15(19)17(16)20/h1-11H. The van der Waals surface area contributed by atoms with Crippen molar-refractivity contribution < 1.29 is 0 Å². The van der Waals surface area contributed by atoms with E-state index in [4.69, 9.17) is 23.2 Å². The van der Waals surface area contributed by atoms with Crippen LogP contribution in [0.1, 0.15) is 5.69 Å². The molecule has 5 heteroatoms. The lowest BCUT2D eigenvalue weighted by molar-refractivity contribution is 1.07. The van der Waals surface area contributed by atoms with Gasteiger partial charge in [-0.2, -0.15) is 0 Å². The van der Waals surface area contributed by atoms with Gasteiger partial charge in [0.1, 0.15) is 0 Å². The minimum atomic E-state index is 0.459. The minimum Gasteiger partial charge on any atom is -0.316 e. The zero-order chi connectivity index (χ0) is 15.5. The molecule has 0 amide bonds. The number of halogens is 3. The quantitative estimate of drug-likeness (QED) is 0.464. The SMILES string of the molecule is Clc1cccc(N=Cc2cccn2-c2cccc(Br)c2)c1Cl. The lowest BCUT2D eigenvalue weighted by atomic mass is 10.3. The Morgan fingerprint density at radius 1 is 1.00 bits per heavy atom. The highest BCUT2D eigenvalue weighted by Crippen LogP contribution is 2.31. The first-order chi connectivity index (χ1) is 10.6. The molecule has 1 heterocycles. The monoisotopic (exact) mass is 392 g/mol. The molecule has 1 aromatic heterocycles. The van der Waals surface area contributed by atoms with Crippen molar-refractivity contribution in [3.63, 3.8) is 0 Å². The average molecular weight is 394 g/mol. The van der Waals surface area contributed by atoms with Crippen LogP contribution in [-0.2, 0) is 0 Å². The molecule has 0 N–H and O–H groups in total. The van der Waals surface area contributed by atoms with Crippen molar-refractivity contribution >= 4 is 51.0 Å². The fourth-order valence-electron chi connectivity index (χ4n) is 2.09. The van der Waals surface area contributed by atoms with Crippen LogP contribution in [0.25, 0.3) is 5.69 Å². The number of rotatable bonds is 3. The summed E-state index contributed by atoms with van der Waals surface area (Å²) in [6, 6.07) is 17.4. The predicted octanol–water partition coefficient (Wildman–Crippen LogP) is 6.30. The van der Waals surface area contributed by atoms with Crippen molar-refractivity contribution in [2.45, 2.75) is 0 Å². The molecule has 22 heavy (non-hydrogen) atoms. The molecule has 0 saturated carbocycles. The van der Waals surface area contributed by atoms with E-state index < -0.39 is 0 Å². The fourth-order valence-corrected chi connectivity index (χ4v) is 2.82. The Balaban J connectivity index is 1.96. The number of hydrogen-bond acceptors (Lipinski definition) is 1. The van der Waals surface area contributed by atoms with Crippen molar-refractivity contribution in [3.8, 4) is 5.69 Å². The van der Waals surface area contributed by atoms with E-state index in [-0.39, 0.29) is 0 Å². The molecule has 3 rings (SSSR count). The zero-order valence-electron chi connectivity index (χ0n) is 11.4. The first-order valence-electron chi connectivity index (χ1n) is 6.56. The van der Waals surface area contributed by atoms with E-state index in [2.05, 4.69) is 20.9 Å². The van der Waals surface area contributed by atoms with Crippen LogP contribution in [0.15, 0.2) is 70.3 Å². The van der Waals surface area contributed by atoms with Gasteiger partial charge in [0.25, 0.3) is 0 Å². The number of nitrogens with zero attached hydrogens (tertiary/aromatic N) is 2. The number of benzene rings is 2. The smallest absolute Gasteiger partial charge is 0.0848 e. The van der Waals surface area contributed by atoms with Gasteiger partial charge in [0.05, 0.1) is 27.6 Å². The van der Waals surface area contributed by atoms with Gasteiger partial charge in [0.2, 0.25) is 0 Å². The second-order valence-electron chi connectivity index (χ2n) is 4.61. The van der Waals surface area contributed by atoms with Crippen LogP contribution in [-0.4, -0.2) is 10.8 Å². The first kappa shape index (κ1) is 15.3. The molecule has 0 atom stereocenters. The van der Waals surface area contributed by atoms with E-state index in [1.54, 1.807) is 12.3 Å². The minimum absolute atomic E-state index is 0.459. The van der Waals surface area contributed by atoms with E-state index in [1.807, 2.05) is 59.3 Å². The van der Waals surface area contributed by atoms with Crippen LogP contribution in [0.5, 0.6) is 0 Å². The predicted molar refractivity (Wildman–Crippen MR) is 97.2 cm³/mol. The first-order valence-corrected chi connectivity index (χ1v) is 8.11. The van der Waals surface area contributed by atoms with Gasteiger partial charge in [-0.15, -0.1) is 0 Å². The highest BCUT2D eigenvalue weighted by molar-refractivity contribution is 9.10. The second-order valence-corrected chi connectivity index (χ2v) is 6.31. The van der Waals surface area contributed by atoms with Gasteiger partial charge in [-0.05, 0) is 42.5 Å². The number of aromatic nitrogens is 1.